The number of carbonyl (C=O) groups is 1. The average molecular weight is 221 g/mol. The van der Waals surface area contributed by atoms with Crippen LogP contribution in [0.1, 0.15) is 28.7 Å². The zero-order valence-corrected chi connectivity index (χ0v) is 10.1. The first-order chi connectivity index (χ1) is 7.59. The van der Waals surface area contributed by atoms with Crippen LogP contribution in [-0.4, -0.2) is 41.5 Å². The van der Waals surface area contributed by atoms with E-state index in [2.05, 4.69) is 17.2 Å². The Kier molecular flexibility index (Phi) is 3.01. The van der Waals surface area contributed by atoms with Gasteiger partial charge in [-0.3, -0.25) is 4.79 Å². The third-order valence-corrected chi connectivity index (χ3v) is 3.13. The van der Waals surface area contributed by atoms with E-state index in [1.165, 1.54) is 0 Å². The van der Waals surface area contributed by atoms with Crippen LogP contribution >= 0.6 is 0 Å². The van der Waals surface area contributed by atoms with Crippen LogP contribution in [0.25, 0.3) is 0 Å². The fraction of sp³-hybridized carbons (Fsp3) is 0.583. The number of aromatic amines is 1. The van der Waals surface area contributed by atoms with E-state index in [1.807, 2.05) is 24.8 Å². The van der Waals surface area contributed by atoms with Gasteiger partial charge in [0.2, 0.25) is 0 Å². The number of hydrogen-bond acceptors (Lipinski definition) is 2. The van der Waals surface area contributed by atoms with E-state index in [-0.39, 0.29) is 11.9 Å². The lowest BCUT2D eigenvalue weighted by Gasteiger charge is -2.33. The molecule has 0 bridgehead atoms. The van der Waals surface area contributed by atoms with Gasteiger partial charge in [0.1, 0.15) is 5.69 Å². The summed E-state index contributed by atoms with van der Waals surface area (Å²) in [5.74, 6) is 0.125. The lowest BCUT2D eigenvalue weighted by molar-refractivity contribution is 0.0649. The van der Waals surface area contributed by atoms with Crippen LogP contribution in [0, 0.1) is 13.8 Å². The van der Waals surface area contributed by atoms with Gasteiger partial charge in [-0.25, -0.2) is 0 Å². The minimum Gasteiger partial charge on any atom is -0.354 e. The van der Waals surface area contributed by atoms with Crippen molar-refractivity contribution < 1.29 is 4.79 Å². The van der Waals surface area contributed by atoms with Crippen molar-refractivity contribution in [3.05, 3.63) is 23.0 Å². The highest BCUT2D eigenvalue weighted by Crippen LogP contribution is 2.14. The highest BCUT2D eigenvalue weighted by Gasteiger charge is 2.25. The molecule has 2 rings (SSSR count). The SMILES string of the molecule is Cc1cc(C)c(C(=O)N2CCNC[C@H]2C)[nH]1. The van der Waals surface area contributed by atoms with E-state index < -0.39 is 0 Å². The molecule has 1 fully saturated rings. The maximum atomic E-state index is 12.3. The third-order valence-electron chi connectivity index (χ3n) is 3.13. The third kappa shape index (κ3) is 1.97. The van der Waals surface area contributed by atoms with Gasteiger partial charge in [0.25, 0.3) is 5.91 Å². The van der Waals surface area contributed by atoms with E-state index in [0.29, 0.717) is 0 Å². The first kappa shape index (κ1) is 11.2. The zero-order valence-electron chi connectivity index (χ0n) is 10.1. The molecule has 0 aromatic carbocycles. The predicted octanol–water partition coefficient (Wildman–Crippen LogP) is 1.07. The molecule has 2 heterocycles. The molecule has 0 saturated carbocycles. The molecular formula is C12H19N3O. The number of carbonyl (C=O) groups excluding carboxylic acids is 1. The van der Waals surface area contributed by atoms with Crippen LogP contribution in [-0.2, 0) is 0 Å². The second-order valence-corrected chi connectivity index (χ2v) is 4.56. The van der Waals surface area contributed by atoms with Crippen molar-refractivity contribution in [3.63, 3.8) is 0 Å². The summed E-state index contributed by atoms with van der Waals surface area (Å²) in [5.41, 5.74) is 2.82. The number of hydrogen-bond donors (Lipinski definition) is 2. The topological polar surface area (TPSA) is 48.1 Å². The fourth-order valence-electron chi connectivity index (χ4n) is 2.24. The molecule has 1 amide bonds. The molecule has 1 aromatic rings. The van der Waals surface area contributed by atoms with Crippen molar-refractivity contribution in [1.29, 1.82) is 0 Å². The molecule has 0 spiro atoms. The molecule has 0 unspecified atom stereocenters. The standard InChI is InChI=1S/C12H19N3O/c1-8-6-9(2)14-11(8)12(16)15-5-4-13-7-10(15)3/h6,10,13-14H,4-5,7H2,1-3H3/t10-/m1/s1. The number of amides is 1. The van der Waals surface area contributed by atoms with E-state index in [4.69, 9.17) is 0 Å². The van der Waals surface area contributed by atoms with Crippen LogP contribution in [0.3, 0.4) is 0 Å². The van der Waals surface area contributed by atoms with Crippen LogP contribution in [0.5, 0.6) is 0 Å². The van der Waals surface area contributed by atoms with Crippen LogP contribution < -0.4 is 5.32 Å². The second-order valence-electron chi connectivity index (χ2n) is 4.56. The molecule has 1 aliphatic rings. The molecule has 16 heavy (non-hydrogen) atoms. The minimum absolute atomic E-state index is 0.125. The van der Waals surface area contributed by atoms with Gasteiger partial charge >= 0.3 is 0 Å². The van der Waals surface area contributed by atoms with Gasteiger partial charge in [-0.2, -0.15) is 0 Å². The summed E-state index contributed by atoms with van der Waals surface area (Å²) in [5, 5.41) is 3.29. The number of rotatable bonds is 1. The molecular weight excluding hydrogens is 202 g/mol. The zero-order chi connectivity index (χ0) is 11.7. The minimum atomic E-state index is 0.125. The lowest BCUT2D eigenvalue weighted by Crippen LogP contribution is -2.52. The first-order valence-electron chi connectivity index (χ1n) is 5.77. The molecule has 2 N–H and O–H groups in total. The van der Waals surface area contributed by atoms with Crippen molar-refractivity contribution in [1.82, 2.24) is 15.2 Å². The Hall–Kier alpha value is -1.29. The first-order valence-corrected chi connectivity index (χ1v) is 5.77. The van der Waals surface area contributed by atoms with Gasteiger partial charge in [-0.1, -0.05) is 0 Å². The second kappa shape index (κ2) is 4.29. The Morgan fingerprint density at radius 3 is 2.81 bits per heavy atom. The molecule has 88 valence electrons. The van der Waals surface area contributed by atoms with Gasteiger partial charge in [0.05, 0.1) is 0 Å². The van der Waals surface area contributed by atoms with Crippen molar-refractivity contribution in [2.75, 3.05) is 19.6 Å². The number of nitrogens with zero attached hydrogens (tertiary/aromatic N) is 1. The van der Waals surface area contributed by atoms with Gasteiger partial charge < -0.3 is 15.2 Å². The monoisotopic (exact) mass is 221 g/mol. The van der Waals surface area contributed by atoms with E-state index >= 15 is 0 Å². The maximum absolute atomic E-state index is 12.3. The van der Waals surface area contributed by atoms with Crippen molar-refractivity contribution in [2.45, 2.75) is 26.8 Å². The molecule has 4 heteroatoms. The number of nitrogens with one attached hydrogen (secondary N) is 2. The molecule has 1 aliphatic heterocycles. The number of piperazine rings is 1. The van der Waals surface area contributed by atoms with Gasteiger partial charge in [-0.15, -0.1) is 0 Å². The van der Waals surface area contributed by atoms with Gasteiger partial charge in [0.15, 0.2) is 0 Å². The normalized spacial score (nSPS) is 21.2. The fourth-order valence-corrected chi connectivity index (χ4v) is 2.24. The van der Waals surface area contributed by atoms with Crippen molar-refractivity contribution >= 4 is 5.91 Å². The van der Waals surface area contributed by atoms with E-state index in [9.17, 15) is 4.79 Å². The smallest absolute Gasteiger partial charge is 0.270 e. The Labute approximate surface area is 96.0 Å². The van der Waals surface area contributed by atoms with Crippen molar-refractivity contribution in [3.8, 4) is 0 Å². The Balaban J connectivity index is 2.21. The molecule has 1 aromatic heterocycles. The van der Waals surface area contributed by atoms with Crippen molar-refractivity contribution in [2.24, 2.45) is 0 Å². The predicted molar refractivity (Wildman–Crippen MR) is 63.6 cm³/mol. The largest absolute Gasteiger partial charge is 0.354 e. The van der Waals surface area contributed by atoms with Gasteiger partial charge in [-0.05, 0) is 32.4 Å². The number of H-pyrrole nitrogens is 1. The highest BCUT2D eigenvalue weighted by molar-refractivity contribution is 5.94. The highest BCUT2D eigenvalue weighted by atomic mass is 16.2. The number of aryl methyl sites for hydroxylation is 2. The summed E-state index contributed by atoms with van der Waals surface area (Å²) >= 11 is 0. The number of aromatic nitrogens is 1. The average Bonchev–Trinajstić information content (AvgIpc) is 2.58. The quantitative estimate of drug-likeness (QED) is 0.745. The summed E-state index contributed by atoms with van der Waals surface area (Å²) < 4.78 is 0. The van der Waals surface area contributed by atoms with Crippen LogP contribution in [0.2, 0.25) is 0 Å². The summed E-state index contributed by atoms with van der Waals surface area (Å²) in [6.07, 6.45) is 0. The van der Waals surface area contributed by atoms with E-state index in [1.54, 1.807) is 0 Å². The molecule has 1 saturated heterocycles. The molecule has 4 nitrogen and oxygen atoms in total. The molecule has 0 radical (unpaired) electrons. The summed E-state index contributed by atoms with van der Waals surface area (Å²) in [6, 6.07) is 2.28. The maximum Gasteiger partial charge on any atom is 0.270 e. The summed E-state index contributed by atoms with van der Waals surface area (Å²) in [4.78, 5) is 17.4. The molecule has 0 aliphatic carbocycles. The Morgan fingerprint density at radius 2 is 2.25 bits per heavy atom. The van der Waals surface area contributed by atoms with Crippen LogP contribution in [0.4, 0.5) is 0 Å². The van der Waals surface area contributed by atoms with Gasteiger partial charge in [0, 0.05) is 31.4 Å². The Bertz CT molecular complexity index is 397. The lowest BCUT2D eigenvalue weighted by atomic mass is 10.1. The summed E-state index contributed by atoms with van der Waals surface area (Å²) in [6.45, 7) is 8.58. The van der Waals surface area contributed by atoms with Crippen LogP contribution in [0.15, 0.2) is 6.07 Å². The Morgan fingerprint density at radius 1 is 1.50 bits per heavy atom. The molecule has 1 atom stereocenters. The van der Waals surface area contributed by atoms with E-state index in [0.717, 1.165) is 36.6 Å². The summed E-state index contributed by atoms with van der Waals surface area (Å²) in [7, 11) is 0.